The third-order valence-electron chi connectivity index (χ3n) is 7.13. The molecular weight excluding hydrogens is 388 g/mol. The third-order valence-corrected chi connectivity index (χ3v) is 7.13. The Hall–Kier alpha value is -3.09. The largest absolute Gasteiger partial charge is 0.382 e. The average Bonchev–Trinajstić information content (AvgIpc) is 3.35. The molecule has 3 aromatic rings. The minimum atomic E-state index is 0.0910. The van der Waals surface area contributed by atoms with Gasteiger partial charge in [-0.05, 0) is 50.2 Å². The molecule has 0 radical (unpaired) electrons. The highest BCUT2D eigenvalue weighted by molar-refractivity contribution is 5.79. The molecule has 7 nitrogen and oxygen atoms in total. The summed E-state index contributed by atoms with van der Waals surface area (Å²) in [5, 5.41) is 6.79. The van der Waals surface area contributed by atoms with Gasteiger partial charge in [0.25, 0.3) is 0 Å². The molecule has 1 unspecified atom stereocenters. The van der Waals surface area contributed by atoms with Crippen molar-refractivity contribution in [2.45, 2.75) is 62.9 Å². The van der Waals surface area contributed by atoms with Gasteiger partial charge in [-0.3, -0.25) is 9.20 Å². The van der Waals surface area contributed by atoms with Crippen molar-refractivity contribution in [3.63, 3.8) is 0 Å². The number of nitrogens with two attached hydrogens (primary N) is 1. The van der Waals surface area contributed by atoms with Crippen LogP contribution in [-0.2, 0) is 11.2 Å². The molecule has 2 saturated carbocycles. The molecular formula is C24H28N6O. The van der Waals surface area contributed by atoms with Crippen molar-refractivity contribution in [2.24, 2.45) is 5.92 Å². The van der Waals surface area contributed by atoms with Gasteiger partial charge in [0.05, 0.1) is 11.7 Å². The van der Waals surface area contributed by atoms with Crippen LogP contribution in [0.3, 0.4) is 0 Å². The summed E-state index contributed by atoms with van der Waals surface area (Å²) in [5.41, 5.74) is 10.7. The molecule has 1 atom stereocenters. The number of benzene rings is 1. The molecule has 0 bridgehead atoms. The summed E-state index contributed by atoms with van der Waals surface area (Å²) < 4.78 is 2.14. The first kappa shape index (κ1) is 18.7. The SMILES string of the molecule is Nc1nccn2c(C3CCC(C(=O)NC4CC4)CC3)nc(C3Cc4ccccc4N3)c12. The number of imidazole rings is 1. The second-order valence-electron chi connectivity index (χ2n) is 9.28. The fraction of sp³-hybridized carbons (Fsp3) is 0.458. The number of rotatable bonds is 4. The van der Waals surface area contributed by atoms with Gasteiger partial charge in [-0.1, -0.05) is 18.2 Å². The van der Waals surface area contributed by atoms with Crippen LogP contribution >= 0.6 is 0 Å². The molecule has 0 spiro atoms. The number of nitrogens with zero attached hydrogens (tertiary/aromatic N) is 3. The van der Waals surface area contributed by atoms with E-state index < -0.39 is 0 Å². The average molecular weight is 417 g/mol. The van der Waals surface area contributed by atoms with Gasteiger partial charge in [0.1, 0.15) is 17.2 Å². The Bertz CT molecular complexity index is 1120. The Morgan fingerprint density at radius 3 is 2.71 bits per heavy atom. The first-order chi connectivity index (χ1) is 15.2. The number of amides is 1. The quantitative estimate of drug-likeness (QED) is 0.604. The molecule has 1 aliphatic heterocycles. The van der Waals surface area contributed by atoms with Crippen LogP contribution in [0.15, 0.2) is 36.7 Å². The van der Waals surface area contributed by atoms with Gasteiger partial charge in [0.15, 0.2) is 0 Å². The number of hydrogen-bond donors (Lipinski definition) is 3. The van der Waals surface area contributed by atoms with E-state index in [0.717, 1.165) is 62.0 Å². The number of anilines is 2. The number of nitrogens with one attached hydrogen (secondary N) is 2. The van der Waals surface area contributed by atoms with Crippen LogP contribution in [0.2, 0.25) is 0 Å². The number of carbonyl (C=O) groups excluding carboxylic acids is 1. The van der Waals surface area contributed by atoms with Gasteiger partial charge in [0, 0.05) is 42.4 Å². The summed E-state index contributed by atoms with van der Waals surface area (Å²) in [4.78, 5) is 22.0. The van der Waals surface area contributed by atoms with Crippen LogP contribution in [0.5, 0.6) is 0 Å². The fourth-order valence-corrected chi connectivity index (χ4v) is 5.27. The van der Waals surface area contributed by atoms with Crippen LogP contribution in [-0.4, -0.2) is 26.3 Å². The van der Waals surface area contributed by atoms with E-state index in [1.807, 2.05) is 6.20 Å². The maximum atomic E-state index is 12.5. The Labute approximate surface area is 181 Å². The molecule has 2 aromatic heterocycles. The Kier molecular flexibility index (Phi) is 4.37. The summed E-state index contributed by atoms with van der Waals surface area (Å²) in [5.74, 6) is 2.29. The van der Waals surface area contributed by atoms with Crippen LogP contribution in [0.1, 0.15) is 67.6 Å². The number of nitrogen functional groups attached to an aromatic ring is 1. The Balaban J connectivity index is 1.27. The lowest BCUT2D eigenvalue weighted by Crippen LogP contribution is -2.34. The highest BCUT2D eigenvalue weighted by Crippen LogP contribution is 2.40. The van der Waals surface area contributed by atoms with E-state index in [1.165, 1.54) is 11.3 Å². The predicted molar refractivity (Wildman–Crippen MR) is 120 cm³/mol. The van der Waals surface area contributed by atoms with Crippen molar-refractivity contribution in [3.05, 3.63) is 53.7 Å². The molecule has 160 valence electrons. The number of fused-ring (bicyclic) bond motifs is 2. The van der Waals surface area contributed by atoms with E-state index in [-0.39, 0.29) is 17.9 Å². The van der Waals surface area contributed by atoms with Crippen molar-refractivity contribution in [1.82, 2.24) is 19.7 Å². The van der Waals surface area contributed by atoms with Crippen LogP contribution < -0.4 is 16.4 Å². The van der Waals surface area contributed by atoms with E-state index in [0.29, 0.717) is 17.8 Å². The number of aromatic nitrogens is 3. The molecule has 2 aliphatic carbocycles. The minimum Gasteiger partial charge on any atom is -0.382 e. The highest BCUT2D eigenvalue weighted by atomic mass is 16.2. The Morgan fingerprint density at radius 2 is 1.94 bits per heavy atom. The third kappa shape index (κ3) is 3.32. The van der Waals surface area contributed by atoms with E-state index in [2.05, 4.69) is 44.3 Å². The van der Waals surface area contributed by atoms with Gasteiger partial charge in [0.2, 0.25) is 5.91 Å². The fourth-order valence-electron chi connectivity index (χ4n) is 5.27. The lowest BCUT2D eigenvalue weighted by atomic mass is 9.81. The van der Waals surface area contributed by atoms with Crippen LogP contribution in [0.4, 0.5) is 11.5 Å². The zero-order valence-electron chi connectivity index (χ0n) is 17.6. The van der Waals surface area contributed by atoms with Crippen LogP contribution in [0.25, 0.3) is 5.52 Å². The van der Waals surface area contributed by atoms with Gasteiger partial charge in [-0.15, -0.1) is 0 Å². The first-order valence-corrected chi connectivity index (χ1v) is 11.4. The molecule has 6 rings (SSSR count). The van der Waals surface area contributed by atoms with Gasteiger partial charge < -0.3 is 16.4 Å². The van der Waals surface area contributed by atoms with Crippen molar-refractivity contribution in [1.29, 1.82) is 0 Å². The van der Waals surface area contributed by atoms with E-state index in [4.69, 9.17) is 10.7 Å². The Morgan fingerprint density at radius 1 is 1.13 bits per heavy atom. The van der Waals surface area contributed by atoms with E-state index in [1.54, 1.807) is 6.20 Å². The number of para-hydroxylation sites is 1. The normalized spacial score (nSPS) is 25.2. The summed E-state index contributed by atoms with van der Waals surface area (Å²) >= 11 is 0. The first-order valence-electron chi connectivity index (χ1n) is 11.4. The predicted octanol–water partition coefficient (Wildman–Crippen LogP) is 3.57. The topological polar surface area (TPSA) is 97.3 Å². The molecule has 1 aromatic carbocycles. The molecule has 31 heavy (non-hydrogen) atoms. The molecule has 1 amide bonds. The maximum absolute atomic E-state index is 12.5. The highest BCUT2D eigenvalue weighted by Gasteiger charge is 2.34. The van der Waals surface area contributed by atoms with Crippen molar-refractivity contribution in [2.75, 3.05) is 11.1 Å². The standard InChI is InChI=1S/C24H28N6O/c25-22-21-20(19-13-16-3-1-2-4-18(16)28-19)29-23(30(21)12-11-26-22)14-5-7-15(8-6-14)24(31)27-17-9-10-17/h1-4,11-12,14-15,17,19,28H,5-10,13H2,(H2,25,26)(H,27,31). The molecule has 3 aliphatic rings. The molecule has 3 heterocycles. The van der Waals surface area contributed by atoms with Crippen molar-refractivity contribution < 1.29 is 4.79 Å². The second-order valence-corrected chi connectivity index (χ2v) is 9.28. The number of carbonyl (C=O) groups is 1. The molecule has 0 saturated heterocycles. The zero-order chi connectivity index (χ0) is 20.9. The molecule has 4 N–H and O–H groups in total. The molecule has 2 fully saturated rings. The van der Waals surface area contributed by atoms with Gasteiger partial charge >= 0.3 is 0 Å². The van der Waals surface area contributed by atoms with Crippen molar-refractivity contribution >= 4 is 22.9 Å². The molecule has 7 heteroatoms. The lowest BCUT2D eigenvalue weighted by Gasteiger charge is -2.27. The number of hydrogen-bond acceptors (Lipinski definition) is 5. The smallest absolute Gasteiger partial charge is 0.223 e. The van der Waals surface area contributed by atoms with Crippen molar-refractivity contribution in [3.8, 4) is 0 Å². The lowest BCUT2D eigenvalue weighted by molar-refractivity contribution is -0.126. The summed E-state index contributed by atoms with van der Waals surface area (Å²) in [7, 11) is 0. The van der Waals surface area contributed by atoms with E-state index in [9.17, 15) is 4.79 Å². The second kappa shape index (κ2) is 7.25. The van der Waals surface area contributed by atoms with Gasteiger partial charge in [-0.25, -0.2) is 9.97 Å². The summed E-state index contributed by atoms with van der Waals surface area (Å²) in [6.45, 7) is 0. The zero-order valence-corrected chi connectivity index (χ0v) is 17.6. The van der Waals surface area contributed by atoms with E-state index >= 15 is 0 Å². The van der Waals surface area contributed by atoms with Gasteiger partial charge in [-0.2, -0.15) is 0 Å². The summed E-state index contributed by atoms with van der Waals surface area (Å²) in [6, 6.07) is 8.93. The van der Waals surface area contributed by atoms with Crippen LogP contribution in [0, 0.1) is 5.92 Å². The summed E-state index contributed by atoms with van der Waals surface area (Å²) in [6.07, 6.45) is 10.7. The minimum absolute atomic E-state index is 0.0910. The monoisotopic (exact) mass is 416 g/mol. The maximum Gasteiger partial charge on any atom is 0.223 e.